The maximum Gasteiger partial charge on any atom is 0.323 e. The zero-order valence-corrected chi connectivity index (χ0v) is 16.8. The average molecular weight is 354 g/mol. The highest BCUT2D eigenvalue weighted by Crippen LogP contribution is 2.35. The highest BCUT2D eigenvalue weighted by Gasteiger charge is 2.49. The van der Waals surface area contributed by atoms with Crippen LogP contribution in [0.5, 0.6) is 0 Å². The number of carboxylic acids is 1. The third kappa shape index (κ3) is 11.6. The third-order valence-corrected chi connectivity index (χ3v) is 5.65. The summed E-state index contributed by atoms with van der Waals surface area (Å²) in [4.78, 5) is 11.0. The van der Waals surface area contributed by atoms with E-state index in [1.807, 2.05) is 0 Å². The van der Waals surface area contributed by atoms with E-state index in [1.54, 1.807) is 0 Å². The minimum absolute atomic E-state index is 0.546. The summed E-state index contributed by atoms with van der Waals surface area (Å²) in [6, 6.07) is 0. The van der Waals surface area contributed by atoms with Gasteiger partial charge in [0.15, 0.2) is 0 Å². The van der Waals surface area contributed by atoms with Crippen LogP contribution in [0.25, 0.3) is 0 Å². The first-order valence-electron chi connectivity index (χ1n) is 11.2. The summed E-state index contributed by atoms with van der Waals surface area (Å²) in [5.41, 5.74) is -0.546. The summed E-state index contributed by atoms with van der Waals surface area (Å²) in [6.07, 6.45) is 23.7. The molecular weight excluding hydrogens is 310 g/mol. The Morgan fingerprint density at radius 3 is 1.40 bits per heavy atom. The van der Waals surface area contributed by atoms with Gasteiger partial charge in [0.25, 0.3) is 0 Å². The third-order valence-electron chi connectivity index (χ3n) is 5.65. The van der Waals surface area contributed by atoms with Crippen LogP contribution in [0.4, 0.5) is 0 Å². The summed E-state index contributed by atoms with van der Waals surface area (Å²) < 4.78 is 0. The van der Waals surface area contributed by atoms with Gasteiger partial charge < -0.3 is 10.4 Å². The van der Waals surface area contributed by atoms with E-state index >= 15 is 0 Å². The van der Waals surface area contributed by atoms with E-state index in [-0.39, 0.29) is 0 Å². The number of hydrogen-bond acceptors (Lipinski definition) is 2. The molecule has 0 aromatic heterocycles. The lowest BCUT2D eigenvalue weighted by Gasteiger charge is -2.11. The topological polar surface area (TPSA) is 49.3 Å². The fourth-order valence-electron chi connectivity index (χ4n) is 3.59. The van der Waals surface area contributed by atoms with Gasteiger partial charge in [0, 0.05) is 0 Å². The standard InChI is InChI=1S/C22H43NO2/c1-2-3-4-5-6-7-8-9-10-11-12-13-14-15-16-17-20-23-22(18-19-22)21(24)25/h23H,2-20H2,1H3,(H,24,25). The van der Waals surface area contributed by atoms with Crippen molar-refractivity contribution in [3.63, 3.8) is 0 Å². The Labute approximate surface area is 156 Å². The van der Waals surface area contributed by atoms with Crippen molar-refractivity contribution in [2.45, 2.75) is 128 Å². The van der Waals surface area contributed by atoms with Crippen LogP contribution in [0.15, 0.2) is 0 Å². The molecule has 3 heteroatoms. The van der Waals surface area contributed by atoms with E-state index in [4.69, 9.17) is 5.11 Å². The molecule has 1 aliphatic rings. The molecule has 1 saturated carbocycles. The smallest absolute Gasteiger partial charge is 0.323 e. The van der Waals surface area contributed by atoms with Crippen LogP contribution < -0.4 is 5.32 Å². The lowest BCUT2D eigenvalue weighted by Crippen LogP contribution is -2.39. The molecule has 25 heavy (non-hydrogen) atoms. The quantitative estimate of drug-likeness (QED) is 0.262. The van der Waals surface area contributed by atoms with Crippen LogP contribution >= 0.6 is 0 Å². The molecule has 0 saturated heterocycles. The molecule has 0 radical (unpaired) electrons. The number of hydrogen-bond donors (Lipinski definition) is 2. The Kier molecular flexibility index (Phi) is 13.1. The normalized spacial score (nSPS) is 15.4. The molecular formula is C22H43NO2. The molecule has 0 spiro atoms. The predicted molar refractivity (Wildman–Crippen MR) is 107 cm³/mol. The first-order valence-corrected chi connectivity index (χ1v) is 11.2. The fraction of sp³-hybridized carbons (Fsp3) is 0.955. The molecule has 0 aromatic rings. The van der Waals surface area contributed by atoms with Crippen molar-refractivity contribution >= 4 is 5.97 Å². The van der Waals surface area contributed by atoms with Crippen LogP contribution in [0.3, 0.4) is 0 Å². The van der Waals surface area contributed by atoms with Gasteiger partial charge in [0.05, 0.1) is 0 Å². The molecule has 0 amide bonds. The molecule has 1 rings (SSSR count). The van der Waals surface area contributed by atoms with E-state index < -0.39 is 11.5 Å². The molecule has 0 bridgehead atoms. The molecule has 2 N–H and O–H groups in total. The van der Waals surface area contributed by atoms with Crippen LogP contribution in [-0.4, -0.2) is 23.2 Å². The number of unbranched alkanes of at least 4 members (excludes halogenated alkanes) is 15. The molecule has 0 unspecified atom stereocenters. The SMILES string of the molecule is CCCCCCCCCCCCCCCCCCNC1(C(=O)O)CC1. The minimum Gasteiger partial charge on any atom is -0.480 e. The predicted octanol–water partition coefficient (Wildman–Crippen LogP) is 6.45. The van der Waals surface area contributed by atoms with E-state index in [0.717, 1.165) is 25.8 Å². The number of carboxylic acid groups (broad SMARTS) is 1. The molecule has 0 aliphatic heterocycles. The van der Waals surface area contributed by atoms with E-state index in [0.29, 0.717) is 0 Å². The van der Waals surface area contributed by atoms with E-state index in [2.05, 4.69) is 12.2 Å². The van der Waals surface area contributed by atoms with Crippen molar-refractivity contribution in [3.8, 4) is 0 Å². The first kappa shape index (κ1) is 22.5. The zero-order valence-electron chi connectivity index (χ0n) is 16.8. The first-order chi connectivity index (χ1) is 12.2. The highest BCUT2D eigenvalue weighted by atomic mass is 16.4. The van der Waals surface area contributed by atoms with Gasteiger partial charge in [-0.05, 0) is 25.8 Å². The number of nitrogens with one attached hydrogen (secondary N) is 1. The Balaban J connectivity index is 1.69. The Hall–Kier alpha value is -0.570. The van der Waals surface area contributed by atoms with Gasteiger partial charge in [-0.15, -0.1) is 0 Å². The summed E-state index contributed by atoms with van der Waals surface area (Å²) in [6.45, 7) is 3.15. The fourth-order valence-corrected chi connectivity index (χ4v) is 3.59. The molecule has 148 valence electrons. The van der Waals surface area contributed by atoms with Crippen molar-refractivity contribution in [2.24, 2.45) is 0 Å². The maximum atomic E-state index is 11.0. The van der Waals surface area contributed by atoms with Gasteiger partial charge >= 0.3 is 5.97 Å². The Morgan fingerprint density at radius 2 is 1.08 bits per heavy atom. The van der Waals surface area contributed by atoms with E-state index in [9.17, 15) is 4.79 Å². The summed E-state index contributed by atoms with van der Waals surface area (Å²) in [5.74, 6) is -0.663. The van der Waals surface area contributed by atoms with Crippen LogP contribution in [0, 0.1) is 0 Å². The molecule has 3 nitrogen and oxygen atoms in total. The number of carbonyl (C=O) groups is 1. The largest absolute Gasteiger partial charge is 0.480 e. The van der Waals surface area contributed by atoms with Gasteiger partial charge in [-0.3, -0.25) is 4.79 Å². The van der Waals surface area contributed by atoms with Crippen molar-refractivity contribution in [2.75, 3.05) is 6.54 Å². The average Bonchev–Trinajstić information content (AvgIpc) is 3.39. The lowest BCUT2D eigenvalue weighted by molar-refractivity contribution is -0.140. The van der Waals surface area contributed by atoms with Gasteiger partial charge in [-0.25, -0.2) is 0 Å². The van der Waals surface area contributed by atoms with Gasteiger partial charge in [0.1, 0.15) is 5.54 Å². The number of rotatable bonds is 19. The second-order valence-corrected chi connectivity index (χ2v) is 8.12. The van der Waals surface area contributed by atoms with Crippen LogP contribution in [0.1, 0.15) is 122 Å². The van der Waals surface area contributed by atoms with Gasteiger partial charge in [-0.1, -0.05) is 103 Å². The lowest BCUT2D eigenvalue weighted by atomic mass is 10.0. The summed E-state index contributed by atoms with van der Waals surface area (Å²) in [7, 11) is 0. The monoisotopic (exact) mass is 353 g/mol. The van der Waals surface area contributed by atoms with Crippen molar-refractivity contribution in [3.05, 3.63) is 0 Å². The van der Waals surface area contributed by atoms with Gasteiger partial charge in [-0.2, -0.15) is 0 Å². The van der Waals surface area contributed by atoms with Crippen molar-refractivity contribution in [1.29, 1.82) is 0 Å². The highest BCUT2D eigenvalue weighted by molar-refractivity contribution is 5.82. The molecule has 0 aromatic carbocycles. The van der Waals surface area contributed by atoms with Gasteiger partial charge in [0.2, 0.25) is 0 Å². The summed E-state index contributed by atoms with van der Waals surface area (Å²) >= 11 is 0. The second kappa shape index (κ2) is 14.6. The van der Waals surface area contributed by atoms with Crippen LogP contribution in [0.2, 0.25) is 0 Å². The molecule has 0 atom stereocenters. The van der Waals surface area contributed by atoms with Crippen molar-refractivity contribution in [1.82, 2.24) is 5.32 Å². The molecule has 1 fully saturated rings. The molecule has 1 aliphatic carbocycles. The summed E-state index contributed by atoms with van der Waals surface area (Å²) in [5, 5.41) is 12.3. The van der Waals surface area contributed by atoms with E-state index in [1.165, 1.54) is 96.3 Å². The van der Waals surface area contributed by atoms with Crippen molar-refractivity contribution < 1.29 is 9.90 Å². The van der Waals surface area contributed by atoms with Crippen LogP contribution in [-0.2, 0) is 4.79 Å². The minimum atomic E-state index is -0.663. The zero-order chi connectivity index (χ0) is 18.2. The Morgan fingerprint density at radius 1 is 0.720 bits per heavy atom. The second-order valence-electron chi connectivity index (χ2n) is 8.12. The molecule has 0 heterocycles. The number of aliphatic carboxylic acids is 1. The Bertz CT molecular complexity index is 326. The maximum absolute atomic E-state index is 11.0.